The molecular weight excluding hydrogens is 194 g/mol. The van der Waals surface area contributed by atoms with Crippen LogP contribution in [0.25, 0.3) is 10.9 Å². The van der Waals surface area contributed by atoms with Crippen molar-refractivity contribution in [2.75, 3.05) is 13.2 Å². The van der Waals surface area contributed by atoms with Gasteiger partial charge in [0.25, 0.3) is 0 Å². The van der Waals surface area contributed by atoms with Crippen LogP contribution in [0.3, 0.4) is 0 Å². The molecule has 1 atom stereocenters. The maximum Gasteiger partial charge on any atom is 0.191 e. The highest BCUT2D eigenvalue weighted by Crippen LogP contribution is 2.19. The second-order valence-electron chi connectivity index (χ2n) is 3.27. The lowest BCUT2D eigenvalue weighted by atomic mass is 10.3. The third-order valence-corrected chi connectivity index (χ3v) is 2.05. The summed E-state index contributed by atoms with van der Waals surface area (Å²) in [6.45, 7) is -0.386. The van der Waals surface area contributed by atoms with E-state index in [-0.39, 0.29) is 19.3 Å². The van der Waals surface area contributed by atoms with Gasteiger partial charge >= 0.3 is 0 Å². The van der Waals surface area contributed by atoms with Crippen LogP contribution < -0.4 is 4.74 Å². The van der Waals surface area contributed by atoms with Crippen molar-refractivity contribution < 1.29 is 16.3 Å². The number of aromatic amines is 1. The van der Waals surface area contributed by atoms with Crippen LogP contribution in [0, 0.1) is 0 Å². The Labute approximate surface area is 88.5 Å². The van der Waals surface area contributed by atoms with E-state index in [1.807, 2.05) is 24.3 Å². The number of ether oxygens (including phenoxy) is 1. The summed E-state index contributed by atoms with van der Waals surface area (Å²) in [5, 5.41) is 18.5. The first kappa shape index (κ1) is 8.76. The zero-order chi connectivity index (χ0) is 11.5. The van der Waals surface area contributed by atoms with Gasteiger partial charge in [0.15, 0.2) is 5.88 Å². The van der Waals surface area contributed by atoms with Gasteiger partial charge in [-0.1, -0.05) is 18.2 Å². The molecule has 0 aliphatic heterocycles. The van der Waals surface area contributed by atoms with Crippen molar-refractivity contribution in [3.8, 4) is 5.88 Å². The first-order chi connectivity index (χ1) is 7.72. The van der Waals surface area contributed by atoms with E-state index in [1.165, 1.54) is 0 Å². The molecule has 0 bridgehead atoms. The molecule has 1 unspecified atom stereocenters. The molecular formula is C11H13NO3. The summed E-state index contributed by atoms with van der Waals surface area (Å²) in [7, 11) is 0. The Morgan fingerprint density at radius 2 is 2.27 bits per heavy atom. The smallest absolute Gasteiger partial charge is 0.191 e. The van der Waals surface area contributed by atoms with Gasteiger partial charge in [-0.2, -0.15) is 0 Å². The Bertz CT molecular complexity index is 483. The van der Waals surface area contributed by atoms with Crippen molar-refractivity contribution >= 4 is 10.9 Å². The summed E-state index contributed by atoms with van der Waals surface area (Å²) in [5.74, 6) is 0.314. The zero-order valence-electron chi connectivity index (χ0n) is 9.10. The minimum absolute atomic E-state index is 0.0325. The Balaban J connectivity index is 2.21. The lowest BCUT2D eigenvalue weighted by Crippen LogP contribution is -2.21. The maximum atomic E-state index is 9.13. The third-order valence-electron chi connectivity index (χ3n) is 2.05. The molecule has 3 N–H and O–H groups in total. The largest absolute Gasteiger partial charge is 0.476 e. The predicted molar refractivity (Wildman–Crippen MR) is 56.9 cm³/mol. The van der Waals surface area contributed by atoms with E-state index < -0.39 is 6.10 Å². The number of aliphatic hydroxyl groups excluding tert-OH is 2. The number of hydrogen-bond donors (Lipinski definition) is 3. The topological polar surface area (TPSA) is 65.5 Å². The van der Waals surface area contributed by atoms with Gasteiger partial charge < -0.3 is 19.9 Å². The van der Waals surface area contributed by atoms with Gasteiger partial charge in [-0.05, 0) is 6.07 Å². The summed E-state index contributed by atoms with van der Waals surface area (Å²) >= 11 is 0. The Kier molecular flexibility index (Phi) is 2.53. The molecule has 1 heterocycles. The van der Waals surface area contributed by atoms with Crippen LogP contribution in [0.15, 0.2) is 30.3 Å². The first-order valence-corrected chi connectivity index (χ1v) is 4.71. The number of aliphatic hydroxyl groups is 2. The molecule has 0 spiro atoms. The van der Waals surface area contributed by atoms with E-state index in [0.717, 1.165) is 10.9 Å². The Morgan fingerprint density at radius 1 is 1.47 bits per heavy atom. The van der Waals surface area contributed by atoms with Gasteiger partial charge in [0.1, 0.15) is 12.7 Å². The fourth-order valence-corrected chi connectivity index (χ4v) is 1.28. The van der Waals surface area contributed by atoms with Gasteiger partial charge in [-0.3, -0.25) is 0 Å². The average Bonchev–Trinajstić information content (AvgIpc) is 2.64. The third kappa shape index (κ3) is 2.29. The van der Waals surface area contributed by atoms with Crippen LogP contribution in [-0.4, -0.2) is 34.5 Å². The molecule has 0 aliphatic carbocycles. The Hall–Kier alpha value is -1.52. The van der Waals surface area contributed by atoms with Gasteiger partial charge in [-0.25, -0.2) is 0 Å². The van der Waals surface area contributed by atoms with E-state index in [4.69, 9.17) is 16.3 Å². The number of fused-ring (bicyclic) bond motifs is 1. The van der Waals surface area contributed by atoms with E-state index in [2.05, 4.69) is 4.98 Å². The number of nitrogens with one attached hydrogen (secondary N) is 1. The molecule has 2 aromatic rings. The molecule has 0 amide bonds. The number of aromatic nitrogens is 1. The van der Waals surface area contributed by atoms with Crippen LogP contribution in [0.2, 0.25) is 0 Å². The molecule has 0 fully saturated rings. The van der Waals surface area contributed by atoms with Crippen LogP contribution >= 0.6 is 0 Å². The van der Waals surface area contributed by atoms with Crippen molar-refractivity contribution in [3.05, 3.63) is 30.3 Å². The SMILES string of the molecule is [2H]c1c(OCC(O)CO)[nH]c2ccccc12. The number of H-pyrrole nitrogens is 1. The molecule has 80 valence electrons. The molecule has 0 radical (unpaired) electrons. The molecule has 1 aromatic carbocycles. The van der Waals surface area contributed by atoms with Crippen molar-refractivity contribution in [2.24, 2.45) is 0 Å². The van der Waals surface area contributed by atoms with Gasteiger partial charge in [-0.15, -0.1) is 0 Å². The fourth-order valence-electron chi connectivity index (χ4n) is 1.28. The number of para-hydroxylation sites is 1. The fraction of sp³-hybridized carbons (Fsp3) is 0.273. The standard InChI is InChI=1S/C11H13NO3/c13-6-9(14)7-15-11-5-8-3-1-2-4-10(8)12-11/h1-5,9,12-14H,6-7H2/i5D. The predicted octanol–water partition coefficient (Wildman–Crippen LogP) is 0.900. The highest BCUT2D eigenvalue weighted by molar-refractivity contribution is 5.81. The van der Waals surface area contributed by atoms with Gasteiger partial charge in [0, 0.05) is 16.9 Å². The van der Waals surface area contributed by atoms with Crippen molar-refractivity contribution in [1.82, 2.24) is 4.98 Å². The van der Waals surface area contributed by atoms with Gasteiger partial charge in [0.2, 0.25) is 0 Å². The molecule has 0 saturated carbocycles. The molecule has 2 rings (SSSR count). The lowest BCUT2D eigenvalue weighted by Gasteiger charge is -2.07. The monoisotopic (exact) mass is 208 g/mol. The van der Waals surface area contributed by atoms with E-state index in [0.29, 0.717) is 5.88 Å². The highest BCUT2D eigenvalue weighted by atomic mass is 16.5. The molecule has 4 heteroatoms. The molecule has 0 saturated heterocycles. The van der Waals surface area contributed by atoms with Crippen molar-refractivity contribution in [1.29, 1.82) is 0 Å². The summed E-state index contributed by atoms with van der Waals surface area (Å²) < 4.78 is 13.0. The van der Waals surface area contributed by atoms with Crippen LogP contribution in [0.5, 0.6) is 5.88 Å². The molecule has 4 nitrogen and oxygen atoms in total. The van der Waals surface area contributed by atoms with E-state index in [9.17, 15) is 0 Å². The van der Waals surface area contributed by atoms with Crippen molar-refractivity contribution in [2.45, 2.75) is 6.10 Å². The normalized spacial score (nSPS) is 13.9. The van der Waals surface area contributed by atoms with Crippen molar-refractivity contribution in [3.63, 3.8) is 0 Å². The zero-order valence-corrected chi connectivity index (χ0v) is 8.10. The minimum atomic E-state index is -0.925. The second-order valence-corrected chi connectivity index (χ2v) is 3.27. The maximum absolute atomic E-state index is 9.13. The summed E-state index contributed by atoms with van der Waals surface area (Å²) in [6.07, 6.45) is -0.925. The van der Waals surface area contributed by atoms with E-state index >= 15 is 0 Å². The second kappa shape index (κ2) is 4.33. The minimum Gasteiger partial charge on any atom is -0.476 e. The highest BCUT2D eigenvalue weighted by Gasteiger charge is 2.05. The van der Waals surface area contributed by atoms with Gasteiger partial charge in [0.05, 0.1) is 7.98 Å². The Morgan fingerprint density at radius 3 is 3.00 bits per heavy atom. The number of hydrogen-bond acceptors (Lipinski definition) is 3. The quantitative estimate of drug-likeness (QED) is 0.699. The molecule has 15 heavy (non-hydrogen) atoms. The average molecular weight is 208 g/mol. The van der Waals surface area contributed by atoms with Crippen LogP contribution in [-0.2, 0) is 0 Å². The molecule has 0 aliphatic rings. The summed E-state index contributed by atoms with van der Waals surface area (Å²) in [4.78, 5) is 2.94. The van der Waals surface area contributed by atoms with Crippen LogP contribution in [0.4, 0.5) is 0 Å². The number of rotatable bonds is 4. The summed E-state index contributed by atoms with van der Waals surface area (Å²) in [6, 6.07) is 7.65. The summed E-state index contributed by atoms with van der Waals surface area (Å²) in [5.41, 5.74) is 0.820. The van der Waals surface area contributed by atoms with E-state index in [1.54, 1.807) is 0 Å². The first-order valence-electron chi connectivity index (χ1n) is 5.21. The van der Waals surface area contributed by atoms with Crippen LogP contribution in [0.1, 0.15) is 1.37 Å². The molecule has 1 aromatic heterocycles. The lowest BCUT2D eigenvalue weighted by molar-refractivity contribution is 0.0524. The number of benzene rings is 1.